The largest absolute Gasteiger partial charge is 0.507 e. The monoisotopic (exact) mass is 390 g/mol. The number of aryl methyl sites for hydroxylation is 1. The molecule has 1 N–H and O–H groups in total. The fourth-order valence-electron chi connectivity index (χ4n) is 3.55. The molecule has 1 aromatic carbocycles. The van der Waals surface area contributed by atoms with Gasteiger partial charge in [0.2, 0.25) is 0 Å². The smallest absolute Gasteiger partial charge is 0.411 e. The van der Waals surface area contributed by atoms with Crippen molar-refractivity contribution in [2.75, 3.05) is 6.61 Å². The van der Waals surface area contributed by atoms with E-state index in [-0.39, 0.29) is 37.0 Å². The second kappa shape index (κ2) is 6.78. The molecule has 0 radical (unpaired) electrons. The predicted molar refractivity (Wildman–Crippen MR) is 88.8 cm³/mol. The van der Waals surface area contributed by atoms with E-state index in [0.717, 1.165) is 5.56 Å². The zero-order valence-corrected chi connectivity index (χ0v) is 14.8. The molecule has 26 heavy (non-hydrogen) atoms. The molecule has 0 saturated heterocycles. The fraction of sp³-hybridized carbons (Fsp3) is 0.500. The first-order chi connectivity index (χ1) is 12.1. The summed E-state index contributed by atoms with van der Waals surface area (Å²) in [5.41, 5.74) is -0.0437. The second-order valence-corrected chi connectivity index (χ2v) is 7.07. The van der Waals surface area contributed by atoms with Crippen LogP contribution < -0.4 is 0 Å². The first-order valence-electron chi connectivity index (χ1n) is 8.24. The fourth-order valence-corrected chi connectivity index (χ4v) is 3.86. The van der Waals surface area contributed by atoms with Crippen molar-refractivity contribution >= 4 is 23.1 Å². The number of hydrogen-bond acceptors (Lipinski definition) is 4. The Kier molecular flexibility index (Phi) is 4.96. The lowest BCUT2D eigenvalue weighted by Gasteiger charge is -2.35. The molecule has 0 bridgehead atoms. The van der Waals surface area contributed by atoms with Crippen molar-refractivity contribution in [2.24, 2.45) is 0 Å². The average molecular weight is 391 g/mol. The van der Waals surface area contributed by atoms with Crippen LogP contribution in [0.3, 0.4) is 0 Å². The summed E-state index contributed by atoms with van der Waals surface area (Å²) in [6.45, 7) is 0.456. The van der Waals surface area contributed by atoms with E-state index in [2.05, 4.69) is 0 Å². The Balaban J connectivity index is 1.81. The average Bonchev–Trinajstić information content (AvgIpc) is 2.78. The molecular formula is C18H18ClF3O4. The first kappa shape index (κ1) is 19.0. The van der Waals surface area contributed by atoms with Crippen LogP contribution in [0, 0.1) is 6.92 Å². The zero-order valence-electron chi connectivity index (χ0n) is 14.0. The highest BCUT2D eigenvalue weighted by atomic mass is 35.5. The van der Waals surface area contributed by atoms with Crippen LogP contribution >= 0.6 is 11.6 Å². The Labute approximate surface area is 153 Å². The molecule has 0 unspecified atom stereocenters. The van der Waals surface area contributed by atoms with Crippen LogP contribution in [-0.4, -0.2) is 35.6 Å². The van der Waals surface area contributed by atoms with Crippen LogP contribution in [0.5, 0.6) is 0 Å². The van der Waals surface area contributed by atoms with Crippen molar-refractivity contribution < 1.29 is 32.5 Å². The molecule has 3 rings (SSSR count). The summed E-state index contributed by atoms with van der Waals surface area (Å²) >= 11 is 6.20. The molecule has 142 valence electrons. The van der Waals surface area contributed by atoms with Crippen molar-refractivity contribution in [3.63, 3.8) is 0 Å². The highest BCUT2D eigenvalue weighted by Gasteiger charge is 2.51. The Morgan fingerprint density at radius 1 is 1.35 bits per heavy atom. The van der Waals surface area contributed by atoms with Gasteiger partial charge in [-0.2, -0.15) is 13.2 Å². The Bertz CT molecular complexity index is 729. The number of aliphatic hydroxyl groups excluding tert-OH is 1. The lowest BCUT2D eigenvalue weighted by molar-refractivity contribution is -0.192. The summed E-state index contributed by atoms with van der Waals surface area (Å²) in [5.74, 6) is -0.874. The third-order valence-electron chi connectivity index (χ3n) is 4.86. The number of esters is 1. The summed E-state index contributed by atoms with van der Waals surface area (Å²) in [4.78, 5) is 12.4. The number of hydrogen-bond donors (Lipinski definition) is 1. The van der Waals surface area contributed by atoms with Crippen LogP contribution in [0.25, 0.3) is 5.57 Å². The molecule has 0 aromatic heterocycles. The number of ether oxygens (including phenoxy) is 2. The molecular weight excluding hydrogens is 373 g/mol. The van der Waals surface area contributed by atoms with E-state index in [1.54, 1.807) is 25.1 Å². The highest BCUT2D eigenvalue weighted by molar-refractivity contribution is 6.35. The third kappa shape index (κ3) is 3.55. The maximum Gasteiger partial charge on any atom is 0.411 e. The zero-order chi connectivity index (χ0) is 19.1. The number of rotatable bonds is 3. The molecule has 1 aliphatic heterocycles. The second-order valence-electron chi connectivity index (χ2n) is 6.66. The van der Waals surface area contributed by atoms with Gasteiger partial charge >= 0.3 is 12.1 Å². The minimum Gasteiger partial charge on any atom is -0.507 e. The Morgan fingerprint density at radius 2 is 2.00 bits per heavy atom. The SMILES string of the molecule is Cc1cccc(Cl)c1C1=C(O)C2(CCC(OCC(F)(F)F)CC2)OC1=O. The van der Waals surface area contributed by atoms with Gasteiger partial charge in [0.05, 0.1) is 6.10 Å². The number of alkyl halides is 3. The minimum absolute atomic E-state index is 0.0303. The lowest BCUT2D eigenvalue weighted by atomic mass is 9.81. The van der Waals surface area contributed by atoms with Gasteiger partial charge in [-0.1, -0.05) is 23.7 Å². The standard InChI is InChI=1S/C18H18ClF3O4/c1-10-3-2-4-12(19)13(10)14-15(23)17(26-16(14)24)7-5-11(6-8-17)25-9-18(20,21)22/h2-4,11,23H,5-9H2,1H3. The summed E-state index contributed by atoms with van der Waals surface area (Å²) in [5, 5.41) is 11.1. The summed E-state index contributed by atoms with van der Waals surface area (Å²) in [6.07, 6.45) is -4.07. The summed E-state index contributed by atoms with van der Waals surface area (Å²) in [7, 11) is 0. The topological polar surface area (TPSA) is 55.8 Å². The normalized spacial score (nSPS) is 26.5. The van der Waals surface area contributed by atoms with Crippen molar-refractivity contribution in [3.8, 4) is 0 Å². The van der Waals surface area contributed by atoms with E-state index in [4.69, 9.17) is 21.1 Å². The van der Waals surface area contributed by atoms with Crippen LogP contribution in [0.15, 0.2) is 24.0 Å². The van der Waals surface area contributed by atoms with Gasteiger partial charge in [0.1, 0.15) is 12.2 Å². The van der Waals surface area contributed by atoms with E-state index in [1.165, 1.54) is 0 Å². The number of benzene rings is 1. The van der Waals surface area contributed by atoms with Gasteiger partial charge in [0.15, 0.2) is 11.4 Å². The van der Waals surface area contributed by atoms with Crippen LogP contribution in [0.2, 0.25) is 5.02 Å². The molecule has 0 amide bonds. The van der Waals surface area contributed by atoms with E-state index >= 15 is 0 Å². The van der Waals surface area contributed by atoms with E-state index in [1.807, 2.05) is 0 Å². The van der Waals surface area contributed by atoms with Gasteiger partial charge in [-0.3, -0.25) is 0 Å². The number of aliphatic hydroxyl groups is 1. The molecule has 4 nitrogen and oxygen atoms in total. The minimum atomic E-state index is -4.38. The molecule has 1 aromatic rings. The lowest BCUT2D eigenvalue weighted by Crippen LogP contribution is -2.39. The highest BCUT2D eigenvalue weighted by Crippen LogP contribution is 2.47. The quantitative estimate of drug-likeness (QED) is 0.758. The van der Waals surface area contributed by atoms with Crippen molar-refractivity contribution in [2.45, 2.75) is 50.5 Å². The number of halogens is 4. The molecule has 1 fully saturated rings. The molecule has 2 aliphatic rings. The maximum atomic E-state index is 12.4. The van der Waals surface area contributed by atoms with Gasteiger partial charge in [-0.05, 0) is 44.2 Å². The van der Waals surface area contributed by atoms with Crippen LogP contribution in [0.1, 0.15) is 36.8 Å². The van der Waals surface area contributed by atoms with Crippen LogP contribution in [-0.2, 0) is 14.3 Å². The maximum absolute atomic E-state index is 12.4. The van der Waals surface area contributed by atoms with Crippen molar-refractivity contribution in [1.82, 2.24) is 0 Å². The van der Waals surface area contributed by atoms with Gasteiger partial charge in [0, 0.05) is 10.6 Å². The third-order valence-corrected chi connectivity index (χ3v) is 5.17. The molecule has 1 saturated carbocycles. The van der Waals surface area contributed by atoms with Gasteiger partial charge < -0.3 is 14.6 Å². The first-order valence-corrected chi connectivity index (χ1v) is 8.62. The van der Waals surface area contributed by atoms with Crippen molar-refractivity contribution in [3.05, 3.63) is 40.1 Å². The predicted octanol–water partition coefficient (Wildman–Crippen LogP) is 4.73. The van der Waals surface area contributed by atoms with Gasteiger partial charge in [-0.15, -0.1) is 0 Å². The molecule has 8 heteroatoms. The summed E-state index contributed by atoms with van der Waals surface area (Å²) < 4.78 is 47.2. The van der Waals surface area contributed by atoms with E-state index in [9.17, 15) is 23.1 Å². The molecule has 0 atom stereocenters. The molecule has 1 spiro atoms. The van der Waals surface area contributed by atoms with Crippen molar-refractivity contribution in [1.29, 1.82) is 0 Å². The van der Waals surface area contributed by atoms with Gasteiger partial charge in [-0.25, -0.2) is 4.79 Å². The molecule has 1 heterocycles. The number of carbonyl (C=O) groups is 1. The summed E-state index contributed by atoms with van der Waals surface area (Å²) in [6, 6.07) is 5.12. The Morgan fingerprint density at radius 3 is 2.58 bits per heavy atom. The molecule has 1 aliphatic carbocycles. The van der Waals surface area contributed by atoms with E-state index < -0.39 is 30.5 Å². The van der Waals surface area contributed by atoms with E-state index in [0.29, 0.717) is 10.6 Å². The Hall–Kier alpha value is -1.73. The van der Waals surface area contributed by atoms with Crippen LogP contribution in [0.4, 0.5) is 13.2 Å². The number of carbonyl (C=O) groups excluding carboxylic acids is 1. The van der Waals surface area contributed by atoms with Gasteiger partial charge in [0.25, 0.3) is 0 Å².